The summed E-state index contributed by atoms with van der Waals surface area (Å²) >= 11 is 1.80. The largest absolute Gasteiger partial charge is 0.363 e. The van der Waals surface area contributed by atoms with Crippen LogP contribution < -0.4 is 0 Å². The van der Waals surface area contributed by atoms with E-state index < -0.39 is 0 Å². The second kappa shape index (κ2) is 4.46. The molecule has 1 unspecified atom stereocenters. The van der Waals surface area contributed by atoms with E-state index in [1.54, 1.807) is 11.3 Å². The van der Waals surface area contributed by atoms with Crippen LogP contribution in [0, 0.1) is 5.92 Å². The summed E-state index contributed by atoms with van der Waals surface area (Å²) in [5, 5.41) is 5.79. The van der Waals surface area contributed by atoms with Crippen molar-refractivity contribution >= 4 is 27.3 Å². The molecule has 114 valence electrons. The van der Waals surface area contributed by atoms with Crippen LogP contribution in [0.15, 0.2) is 35.5 Å². The van der Waals surface area contributed by atoms with Crippen LogP contribution >= 0.6 is 11.3 Å². The van der Waals surface area contributed by atoms with E-state index in [0.29, 0.717) is 5.92 Å². The highest BCUT2D eigenvalue weighted by Crippen LogP contribution is 2.44. The highest BCUT2D eigenvalue weighted by Gasteiger charge is 2.56. The predicted molar refractivity (Wildman–Crippen MR) is 89.1 cm³/mol. The Balaban J connectivity index is 1.52. The van der Waals surface area contributed by atoms with Gasteiger partial charge in [-0.2, -0.15) is 0 Å². The Morgan fingerprint density at radius 2 is 2.09 bits per heavy atom. The summed E-state index contributed by atoms with van der Waals surface area (Å²) in [5.74, 6) is 1.59. The Bertz CT molecular complexity index is 729. The van der Waals surface area contributed by atoms with Crippen LogP contribution in [-0.2, 0) is 4.84 Å². The van der Waals surface area contributed by atoms with Gasteiger partial charge in [-0.15, -0.1) is 11.3 Å². The Morgan fingerprint density at radius 3 is 2.82 bits per heavy atom. The average molecular weight is 313 g/mol. The maximum atomic E-state index is 6.07. The average Bonchev–Trinajstić information content (AvgIpc) is 3.11. The number of oxime groups is 1. The molecule has 1 atom stereocenters. The lowest BCUT2D eigenvalue weighted by Crippen LogP contribution is -2.65. The smallest absolute Gasteiger partial charge is 0.226 e. The molecule has 1 aromatic heterocycles. The molecule has 5 heteroatoms. The van der Waals surface area contributed by atoms with Crippen molar-refractivity contribution in [3.05, 3.63) is 35.2 Å². The summed E-state index contributed by atoms with van der Waals surface area (Å²) in [4.78, 5) is 12.1. The molecule has 2 bridgehead atoms. The zero-order valence-corrected chi connectivity index (χ0v) is 13.5. The van der Waals surface area contributed by atoms with Crippen LogP contribution in [0.3, 0.4) is 0 Å². The topological polar surface area (TPSA) is 28.1 Å². The van der Waals surface area contributed by atoms with Crippen LogP contribution in [0.2, 0.25) is 0 Å². The normalized spacial score (nSPS) is 33.5. The first kappa shape index (κ1) is 12.9. The molecule has 3 saturated heterocycles. The van der Waals surface area contributed by atoms with Gasteiger partial charge in [-0.05, 0) is 43.5 Å². The molecule has 0 saturated carbocycles. The zero-order valence-electron chi connectivity index (χ0n) is 12.7. The Labute approximate surface area is 134 Å². The van der Waals surface area contributed by atoms with Gasteiger partial charge in [-0.3, -0.25) is 4.90 Å². The highest BCUT2D eigenvalue weighted by atomic mass is 32.1. The first-order chi connectivity index (χ1) is 10.8. The minimum absolute atomic E-state index is 0.234. The fourth-order valence-electron chi connectivity index (χ4n) is 4.20. The van der Waals surface area contributed by atoms with Crippen molar-refractivity contribution < 1.29 is 4.84 Å². The molecule has 4 aliphatic rings. The number of hydrogen-bond acceptors (Lipinski definition) is 5. The van der Waals surface area contributed by atoms with Gasteiger partial charge in [0.15, 0.2) is 5.84 Å². The van der Waals surface area contributed by atoms with Crippen molar-refractivity contribution in [2.24, 2.45) is 11.1 Å². The van der Waals surface area contributed by atoms with E-state index in [4.69, 9.17) is 4.84 Å². The number of nitrogens with zero attached hydrogens (tertiary/aromatic N) is 3. The van der Waals surface area contributed by atoms with E-state index in [2.05, 4.69) is 52.3 Å². The summed E-state index contributed by atoms with van der Waals surface area (Å²) in [6, 6.07) is 10.7. The van der Waals surface area contributed by atoms with E-state index in [0.717, 1.165) is 12.4 Å². The molecule has 1 spiro atoms. The number of fused-ring (bicyclic) bond motifs is 3. The van der Waals surface area contributed by atoms with Crippen molar-refractivity contribution in [1.29, 1.82) is 0 Å². The van der Waals surface area contributed by atoms with Gasteiger partial charge in [-0.25, -0.2) is 0 Å². The Kier molecular flexibility index (Phi) is 2.62. The number of likely N-dealkylation sites (N-methyl/N-ethyl adjacent to an activating group) is 1. The third-order valence-electron chi connectivity index (χ3n) is 5.50. The van der Waals surface area contributed by atoms with Gasteiger partial charge in [0.2, 0.25) is 5.72 Å². The molecule has 2 aromatic rings. The van der Waals surface area contributed by atoms with E-state index in [1.807, 2.05) is 0 Å². The fourth-order valence-corrected chi connectivity index (χ4v) is 5.28. The van der Waals surface area contributed by atoms with Crippen LogP contribution in [0.5, 0.6) is 0 Å². The second-order valence-electron chi connectivity index (χ2n) is 6.61. The van der Waals surface area contributed by atoms with E-state index in [9.17, 15) is 0 Å². The maximum Gasteiger partial charge on any atom is 0.226 e. The molecule has 3 fully saturated rings. The third-order valence-corrected chi connectivity index (χ3v) is 6.61. The summed E-state index contributed by atoms with van der Waals surface area (Å²) in [7, 11) is 2.15. The molecule has 22 heavy (non-hydrogen) atoms. The number of amidine groups is 1. The number of rotatable bonds is 1. The van der Waals surface area contributed by atoms with Gasteiger partial charge < -0.3 is 9.74 Å². The van der Waals surface area contributed by atoms with Gasteiger partial charge >= 0.3 is 0 Å². The van der Waals surface area contributed by atoms with E-state index in [1.165, 1.54) is 40.9 Å². The van der Waals surface area contributed by atoms with Gasteiger partial charge in [0.25, 0.3) is 0 Å². The van der Waals surface area contributed by atoms with E-state index >= 15 is 0 Å². The SMILES string of the molecule is CN1C(c2cc3ccccc3s2)=NOC12CN1CCC2CC1. The minimum atomic E-state index is -0.234. The molecule has 6 rings (SSSR count). The van der Waals surface area contributed by atoms with E-state index in [-0.39, 0.29) is 5.72 Å². The van der Waals surface area contributed by atoms with Crippen molar-refractivity contribution in [2.75, 3.05) is 26.7 Å². The van der Waals surface area contributed by atoms with Gasteiger partial charge in [-0.1, -0.05) is 23.4 Å². The lowest BCUT2D eigenvalue weighted by molar-refractivity contribution is -0.190. The van der Waals surface area contributed by atoms with Crippen molar-refractivity contribution in [3.63, 3.8) is 0 Å². The minimum Gasteiger partial charge on any atom is -0.363 e. The summed E-state index contributed by atoms with van der Waals surface area (Å²) in [6.45, 7) is 3.40. The first-order valence-corrected chi connectivity index (χ1v) is 8.79. The summed E-state index contributed by atoms with van der Waals surface area (Å²) in [6.07, 6.45) is 2.44. The lowest BCUT2D eigenvalue weighted by Gasteiger charge is -2.52. The molecular weight excluding hydrogens is 294 g/mol. The van der Waals surface area contributed by atoms with Gasteiger partial charge in [0, 0.05) is 17.7 Å². The highest BCUT2D eigenvalue weighted by molar-refractivity contribution is 7.20. The molecule has 0 N–H and O–H groups in total. The van der Waals surface area contributed by atoms with Crippen LogP contribution in [0.25, 0.3) is 10.1 Å². The molecule has 0 radical (unpaired) electrons. The molecule has 0 aliphatic carbocycles. The molecular formula is C17H19N3OS. The molecule has 0 amide bonds. The zero-order chi connectivity index (χ0) is 14.7. The number of benzene rings is 1. The molecule has 4 aliphatic heterocycles. The van der Waals surface area contributed by atoms with Crippen LogP contribution in [0.1, 0.15) is 17.7 Å². The molecule has 4 nitrogen and oxygen atoms in total. The monoisotopic (exact) mass is 313 g/mol. The van der Waals surface area contributed by atoms with Crippen molar-refractivity contribution in [1.82, 2.24) is 9.80 Å². The summed E-state index contributed by atoms with van der Waals surface area (Å²) in [5.41, 5.74) is -0.234. The first-order valence-electron chi connectivity index (χ1n) is 7.98. The van der Waals surface area contributed by atoms with Crippen LogP contribution in [-0.4, -0.2) is 48.0 Å². The third kappa shape index (κ3) is 1.64. The molecule has 1 aromatic carbocycles. The van der Waals surface area contributed by atoms with Crippen molar-refractivity contribution in [3.8, 4) is 0 Å². The predicted octanol–water partition coefficient (Wildman–Crippen LogP) is 2.95. The second-order valence-corrected chi connectivity index (χ2v) is 7.69. The Hall–Kier alpha value is -1.59. The van der Waals surface area contributed by atoms with Gasteiger partial charge in [0.05, 0.1) is 11.4 Å². The van der Waals surface area contributed by atoms with Crippen molar-refractivity contribution in [2.45, 2.75) is 18.6 Å². The fraction of sp³-hybridized carbons (Fsp3) is 0.471. The standard InChI is InChI=1S/C17H19N3OS/c1-19-16(15-10-12-4-2-3-5-14(12)22-15)18-21-17(19)11-20-8-6-13(17)7-9-20/h2-5,10,13H,6-9,11H2,1H3. The lowest BCUT2D eigenvalue weighted by atomic mass is 9.80. The van der Waals surface area contributed by atoms with Gasteiger partial charge in [0.1, 0.15) is 0 Å². The summed E-state index contributed by atoms with van der Waals surface area (Å²) < 4.78 is 1.31. The number of hydrogen-bond donors (Lipinski definition) is 0. The molecule has 5 heterocycles. The number of piperidine rings is 3. The maximum absolute atomic E-state index is 6.07. The number of thiophene rings is 1. The van der Waals surface area contributed by atoms with Crippen LogP contribution in [0.4, 0.5) is 0 Å². The quantitative estimate of drug-likeness (QED) is 0.810. The Morgan fingerprint density at radius 1 is 1.27 bits per heavy atom.